The average molecular weight is 475 g/mol. The van der Waals surface area contributed by atoms with E-state index in [4.69, 9.17) is 4.42 Å². The Morgan fingerprint density at radius 2 is 1.51 bits per heavy atom. The molecule has 0 unspecified atom stereocenters. The fourth-order valence-corrected chi connectivity index (χ4v) is 4.01. The fraction of sp³-hybridized carbons (Fsp3) is 0.400. The average Bonchev–Trinajstić information content (AvgIpc) is 3.22. The van der Waals surface area contributed by atoms with Crippen LogP contribution in [0.1, 0.15) is 67.6 Å². The van der Waals surface area contributed by atoms with E-state index in [1.165, 1.54) is 5.56 Å². The van der Waals surface area contributed by atoms with E-state index in [1.807, 2.05) is 73.7 Å². The summed E-state index contributed by atoms with van der Waals surface area (Å²) in [5.41, 5.74) is 2.81. The van der Waals surface area contributed by atoms with Crippen molar-refractivity contribution in [1.82, 2.24) is 9.80 Å². The molecule has 186 valence electrons. The van der Waals surface area contributed by atoms with Gasteiger partial charge in [0.2, 0.25) is 5.91 Å². The first-order valence-corrected chi connectivity index (χ1v) is 12.3. The second-order valence-corrected chi connectivity index (χ2v) is 10.7. The van der Waals surface area contributed by atoms with Gasteiger partial charge in [0, 0.05) is 18.7 Å². The van der Waals surface area contributed by atoms with Crippen LogP contribution >= 0.6 is 0 Å². The van der Waals surface area contributed by atoms with Crippen molar-refractivity contribution in [3.63, 3.8) is 0 Å². The standard InChI is InChI=1S/C30H38N2O3/c1-22(2)18-32(29(34)25-13-15-26(16-14-25)30(4,5)6)21-28(33)31(19-24-10-8-7-9-11-24)20-27-17-12-23(3)35-27/h7-17,22H,18-21H2,1-6H3. The molecule has 0 atom stereocenters. The molecule has 0 spiro atoms. The second kappa shape index (κ2) is 11.4. The zero-order valence-corrected chi connectivity index (χ0v) is 21.9. The number of hydrogen-bond acceptors (Lipinski definition) is 3. The number of benzene rings is 2. The maximum Gasteiger partial charge on any atom is 0.254 e. The summed E-state index contributed by atoms with van der Waals surface area (Å²) in [5.74, 6) is 1.54. The lowest BCUT2D eigenvalue weighted by atomic mass is 9.86. The van der Waals surface area contributed by atoms with Crippen molar-refractivity contribution in [2.45, 2.75) is 60.0 Å². The van der Waals surface area contributed by atoms with Crippen LogP contribution in [0.2, 0.25) is 0 Å². The van der Waals surface area contributed by atoms with Crippen LogP contribution < -0.4 is 0 Å². The van der Waals surface area contributed by atoms with Gasteiger partial charge in [-0.1, -0.05) is 77.1 Å². The predicted octanol–water partition coefficient (Wildman–Crippen LogP) is 6.21. The smallest absolute Gasteiger partial charge is 0.254 e. The fourth-order valence-electron chi connectivity index (χ4n) is 4.01. The van der Waals surface area contributed by atoms with E-state index < -0.39 is 0 Å². The third-order valence-corrected chi connectivity index (χ3v) is 5.91. The van der Waals surface area contributed by atoms with Crippen LogP contribution in [0.15, 0.2) is 71.1 Å². The summed E-state index contributed by atoms with van der Waals surface area (Å²) in [5, 5.41) is 0. The number of furan rings is 1. The molecule has 0 fully saturated rings. The zero-order valence-electron chi connectivity index (χ0n) is 21.9. The number of nitrogens with zero attached hydrogens (tertiary/aromatic N) is 2. The maximum atomic E-state index is 13.6. The van der Waals surface area contributed by atoms with Gasteiger partial charge >= 0.3 is 0 Å². The van der Waals surface area contributed by atoms with Crippen LogP contribution in [0.3, 0.4) is 0 Å². The van der Waals surface area contributed by atoms with Crippen molar-refractivity contribution in [2.75, 3.05) is 13.1 Å². The number of carbonyl (C=O) groups is 2. The van der Waals surface area contributed by atoms with Gasteiger partial charge < -0.3 is 14.2 Å². The lowest BCUT2D eigenvalue weighted by molar-refractivity contribution is -0.133. The van der Waals surface area contributed by atoms with Gasteiger partial charge in [-0.2, -0.15) is 0 Å². The molecular formula is C30H38N2O3. The third kappa shape index (κ3) is 7.57. The Kier molecular flexibility index (Phi) is 8.55. The Morgan fingerprint density at radius 3 is 2.06 bits per heavy atom. The Balaban J connectivity index is 1.81. The summed E-state index contributed by atoms with van der Waals surface area (Å²) >= 11 is 0. The molecule has 5 heteroatoms. The lowest BCUT2D eigenvalue weighted by Crippen LogP contribution is -2.43. The van der Waals surface area contributed by atoms with Gasteiger partial charge in [0.15, 0.2) is 0 Å². The highest BCUT2D eigenvalue weighted by molar-refractivity contribution is 5.96. The van der Waals surface area contributed by atoms with Crippen LogP contribution in [0.25, 0.3) is 0 Å². The highest BCUT2D eigenvalue weighted by Gasteiger charge is 2.24. The summed E-state index contributed by atoms with van der Waals surface area (Å²) in [6.45, 7) is 13.8. The van der Waals surface area contributed by atoms with Crippen LogP contribution in [0, 0.1) is 12.8 Å². The van der Waals surface area contributed by atoms with Gasteiger partial charge in [-0.15, -0.1) is 0 Å². The van der Waals surface area contributed by atoms with Gasteiger partial charge in [-0.05, 0) is 53.6 Å². The molecule has 0 radical (unpaired) electrons. The van der Waals surface area contributed by atoms with Gasteiger partial charge in [0.05, 0.1) is 6.54 Å². The number of hydrogen-bond donors (Lipinski definition) is 0. The molecule has 0 aliphatic heterocycles. The largest absolute Gasteiger partial charge is 0.464 e. The van der Waals surface area contributed by atoms with Crippen molar-refractivity contribution in [1.29, 1.82) is 0 Å². The Hall–Kier alpha value is -3.34. The summed E-state index contributed by atoms with van der Waals surface area (Å²) in [6, 6.07) is 21.4. The molecule has 0 aliphatic carbocycles. The van der Waals surface area contributed by atoms with Crippen molar-refractivity contribution >= 4 is 11.8 Å². The summed E-state index contributed by atoms with van der Waals surface area (Å²) in [7, 11) is 0. The second-order valence-electron chi connectivity index (χ2n) is 10.7. The molecule has 0 aliphatic rings. The number of aryl methyl sites for hydroxylation is 1. The van der Waals surface area contributed by atoms with Gasteiger partial charge in [-0.3, -0.25) is 9.59 Å². The molecule has 0 saturated heterocycles. The van der Waals surface area contributed by atoms with Crippen molar-refractivity contribution in [3.05, 3.63) is 94.9 Å². The first kappa shape index (κ1) is 26.3. The Labute approximate surface area is 209 Å². The zero-order chi connectivity index (χ0) is 25.6. The van der Waals surface area contributed by atoms with Crippen LogP contribution in [0.4, 0.5) is 0 Å². The van der Waals surface area contributed by atoms with Gasteiger partial charge in [-0.25, -0.2) is 0 Å². The van der Waals surface area contributed by atoms with Crippen molar-refractivity contribution < 1.29 is 14.0 Å². The highest BCUT2D eigenvalue weighted by atomic mass is 16.3. The van der Waals surface area contributed by atoms with Gasteiger partial charge in [0.25, 0.3) is 5.91 Å². The highest BCUT2D eigenvalue weighted by Crippen LogP contribution is 2.23. The molecule has 2 amide bonds. The van der Waals surface area contributed by atoms with Crippen LogP contribution in [-0.4, -0.2) is 34.7 Å². The predicted molar refractivity (Wildman–Crippen MR) is 140 cm³/mol. The SMILES string of the molecule is Cc1ccc(CN(Cc2ccccc2)C(=O)CN(CC(C)C)C(=O)c2ccc(C(C)(C)C)cc2)o1. The summed E-state index contributed by atoms with van der Waals surface area (Å²) in [6.07, 6.45) is 0. The van der Waals surface area contributed by atoms with E-state index in [2.05, 4.69) is 34.6 Å². The molecule has 3 aromatic rings. The molecular weight excluding hydrogens is 436 g/mol. The molecule has 0 N–H and O–H groups in total. The number of rotatable bonds is 9. The molecule has 0 bridgehead atoms. The molecule has 35 heavy (non-hydrogen) atoms. The maximum absolute atomic E-state index is 13.6. The first-order chi connectivity index (χ1) is 16.5. The minimum absolute atomic E-state index is 0.0112. The monoisotopic (exact) mass is 474 g/mol. The Bertz CT molecular complexity index is 1110. The minimum atomic E-state index is -0.124. The lowest BCUT2D eigenvalue weighted by Gasteiger charge is -2.29. The van der Waals surface area contributed by atoms with E-state index >= 15 is 0 Å². The van der Waals surface area contributed by atoms with E-state index in [0.29, 0.717) is 25.2 Å². The van der Waals surface area contributed by atoms with Crippen LogP contribution in [-0.2, 0) is 23.3 Å². The van der Waals surface area contributed by atoms with Crippen molar-refractivity contribution in [3.8, 4) is 0 Å². The summed E-state index contributed by atoms with van der Waals surface area (Å²) < 4.78 is 5.75. The van der Waals surface area contributed by atoms with E-state index in [1.54, 1.807) is 9.80 Å². The summed E-state index contributed by atoms with van der Waals surface area (Å²) in [4.78, 5) is 30.5. The van der Waals surface area contributed by atoms with E-state index in [9.17, 15) is 9.59 Å². The quantitative estimate of drug-likeness (QED) is 0.370. The first-order valence-electron chi connectivity index (χ1n) is 12.3. The van der Waals surface area contributed by atoms with E-state index in [-0.39, 0.29) is 29.7 Å². The van der Waals surface area contributed by atoms with Gasteiger partial charge in [0.1, 0.15) is 18.1 Å². The molecule has 3 rings (SSSR count). The molecule has 2 aromatic carbocycles. The third-order valence-electron chi connectivity index (χ3n) is 5.91. The number of carbonyl (C=O) groups excluding carboxylic acids is 2. The molecule has 0 saturated carbocycles. The minimum Gasteiger partial charge on any atom is -0.464 e. The number of amides is 2. The molecule has 1 aromatic heterocycles. The van der Waals surface area contributed by atoms with Crippen LogP contribution in [0.5, 0.6) is 0 Å². The van der Waals surface area contributed by atoms with Crippen molar-refractivity contribution in [2.24, 2.45) is 5.92 Å². The Morgan fingerprint density at radius 1 is 0.857 bits per heavy atom. The molecule has 5 nitrogen and oxygen atoms in total. The van der Waals surface area contributed by atoms with E-state index in [0.717, 1.165) is 17.1 Å². The normalized spacial score (nSPS) is 11.5. The topological polar surface area (TPSA) is 53.8 Å². The molecule has 1 heterocycles.